The Hall–Kier alpha value is -1.88. The van der Waals surface area contributed by atoms with Crippen molar-refractivity contribution < 1.29 is 0 Å². The summed E-state index contributed by atoms with van der Waals surface area (Å²) in [7, 11) is 0. The lowest BCUT2D eigenvalue weighted by molar-refractivity contribution is 0.175. The van der Waals surface area contributed by atoms with Crippen LogP contribution >= 0.6 is 11.6 Å². The van der Waals surface area contributed by atoms with Crippen LogP contribution in [-0.2, 0) is 13.1 Å². The number of H-pyrrole nitrogens is 1. The average Bonchev–Trinajstić information content (AvgIpc) is 3.15. The number of hydrogen-bond acceptors (Lipinski definition) is 3. The van der Waals surface area contributed by atoms with E-state index in [1.54, 1.807) is 0 Å². The SMILES string of the molecule is Clc1ccccc1CN1CCC(CNCc2ccnc3[nH]ccc23)CC1. The summed E-state index contributed by atoms with van der Waals surface area (Å²) in [5.74, 6) is 0.751. The highest BCUT2D eigenvalue weighted by atomic mass is 35.5. The van der Waals surface area contributed by atoms with Gasteiger partial charge in [-0.2, -0.15) is 0 Å². The van der Waals surface area contributed by atoms with Crippen LogP contribution < -0.4 is 5.32 Å². The fourth-order valence-electron chi connectivity index (χ4n) is 3.80. The summed E-state index contributed by atoms with van der Waals surface area (Å²) in [5.41, 5.74) is 3.52. The van der Waals surface area contributed by atoms with Crippen LogP contribution in [-0.4, -0.2) is 34.5 Å². The molecule has 5 heteroatoms. The number of aromatic nitrogens is 2. The highest BCUT2D eigenvalue weighted by Crippen LogP contribution is 2.22. The third-order valence-corrected chi connectivity index (χ3v) is 5.73. The van der Waals surface area contributed by atoms with Gasteiger partial charge in [0.1, 0.15) is 5.65 Å². The molecule has 0 atom stereocenters. The van der Waals surface area contributed by atoms with E-state index in [4.69, 9.17) is 11.6 Å². The van der Waals surface area contributed by atoms with Crippen molar-refractivity contribution in [3.63, 3.8) is 0 Å². The van der Waals surface area contributed by atoms with Gasteiger partial charge in [-0.1, -0.05) is 29.8 Å². The van der Waals surface area contributed by atoms with E-state index in [0.717, 1.165) is 49.3 Å². The zero-order chi connectivity index (χ0) is 17.8. The molecular weight excluding hydrogens is 344 g/mol. The van der Waals surface area contributed by atoms with Gasteiger partial charge in [-0.25, -0.2) is 4.98 Å². The van der Waals surface area contributed by atoms with Crippen molar-refractivity contribution in [2.75, 3.05) is 19.6 Å². The molecule has 26 heavy (non-hydrogen) atoms. The molecule has 136 valence electrons. The number of aromatic amines is 1. The topological polar surface area (TPSA) is 44.0 Å². The second kappa shape index (κ2) is 8.21. The summed E-state index contributed by atoms with van der Waals surface area (Å²) in [6.07, 6.45) is 6.32. The minimum absolute atomic E-state index is 0.751. The number of fused-ring (bicyclic) bond motifs is 1. The monoisotopic (exact) mass is 368 g/mol. The lowest BCUT2D eigenvalue weighted by atomic mass is 9.96. The number of pyridine rings is 1. The van der Waals surface area contributed by atoms with Crippen LogP contribution in [0, 0.1) is 5.92 Å². The van der Waals surface area contributed by atoms with Gasteiger partial charge in [-0.3, -0.25) is 4.90 Å². The smallest absolute Gasteiger partial charge is 0.137 e. The second-order valence-corrected chi connectivity index (χ2v) is 7.56. The normalized spacial score (nSPS) is 16.3. The first-order chi connectivity index (χ1) is 12.8. The van der Waals surface area contributed by atoms with Gasteiger partial charge in [-0.05, 0) is 67.7 Å². The van der Waals surface area contributed by atoms with E-state index < -0.39 is 0 Å². The number of likely N-dealkylation sites (tertiary alicyclic amines) is 1. The maximum Gasteiger partial charge on any atom is 0.137 e. The van der Waals surface area contributed by atoms with Crippen molar-refractivity contribution in [2.24, 2.45) is 5.92 Å². The molecule has 0 spiro atoms. The van der Waals surface area contributed by atoms with Crippen LogP contribution in [0.25, 0.3) is 11.0 Å². The van der Waals surface area contributed by atoms with Crippen LogP contribution in [0.15, 0.2) is 48.8 Å². The first-order valence-electron chi connectivity index (χ1n) is 9.37. The summed E-state index contributed by atoms with van der Waals surface area (Å²) in [5, 5.41) is 5.74. The standard InChI is InChI=1S/C21H25ClN4/c22-20-4-2-1-3-18(20)15-26-11-7-16(8-12-26)13-23-14-17-5-9-24-21-19(17)6-10-25-21/h1-6,9-10,16,23H,7-8,11-15H2,(H,24,25). The first kappa shape index (κ1) is 17.5. The third kappa shape index (κ3) is 4.09. The molecule has 3 heterocycles. The third-order valence-electron chi connectivity index (χ3n) is 5.36. The van der Waals surface area contributed by atoms with Gasteiger partial charge in [0.15, 0.2) is 0 Å². The fraction of sp³-hybridized carbons (Fsp3) is 0.381. The molecule has 0 unspecified atom stereocenters. The maximum atomic E-state index is 6.29. The van der Waals surface area contributed by atoms with E-state index >= 15 is 0 Å². The zero-order valence-corrected chi connectivity index (χ0v) is 15.7. The Kier molecular flexibility index (Phi) is 5.54. The highest BCUT2D eigenvalue weighted by molar-refractivity contribution is 6.31. The Labute approximate surface area is 159 Å². The second-order valence-electron chi connectivity index (χ2n) is 7.15. The van der Waals surface area contributed by atoms with Gasteiger partial charge in [0.2, 0.25) is 0 Å². The van der Waals surface area contributed by atoms with Crippen LogP contribution in [0.5, 0.6) is 0 Å². The van der Waals surface area contributed by atoms with Crippen LogP contribution in [0.1, 0.15) is 24.0 Å². The lowest BCUT2D eigenvalue weighted by Crippen LogP contribution is -2.36. The van der Waals surface area contributed by atoms with E-state index in [0.29, 0.717) is 0 Å². The largest absolute Gasteiger partial charge is 0.346 e. The van der Waals surface area contributed by atoms with Gasteiger partial charge in [0.25, 0.3) is 0 Å². The van der Waals surface area contributed by atoms with Crippen molar-refractivity contribution in [3.05, 3.63) is 64.9 Å². The average molecular weight is 369 g/mol. The van der Waals surface area contributed by atoms with Crippen molar-refractivity contribution in [1.29, 1.82) is 0 Å². The van der Waals surface area contributed by atoms with Crippen molar-refractivity contribution >= 4 is 22.6 Å². The Morgan fingerprint density at radius 1 is 1.12 bits per heavy atom. The number of nitrogens with zero attached hydrogens (tertiary/aromatic N) is 2. The number of piperidine rings is 1. The molecule has 1 aromatic carbocycles. The van der Waals surface area contributed by atoms with E-state index in [1.165, 1.54) is 29.4 Å². The van der Waals surface area contributed by atoms with Gasteiger partial charge < -0.3 is 10.3 Å². The quantitative estimate of drug-likeness (QED) is 0.684. The Bertz CT molecular complexity index is 852. The molecule has 1 aliphatic rings. The predicted octanol–water partition coefficient (Wildman–Crippen LogP) is 4.22. The molecule has 4 rings (SSSR count). The summed E-state index contributed by atoms with van der Waals surface area (Å²) in [6.45, 7) is 5.23. The van der Waals surface area contributed by atoms with E-state index in [-0.39, 0.29) is 0 Å². The van der Waals surface area contributed by atoms with Gasteiger partial charge in [0, 0.05) is 35.9 Å². The minimum atomic E-state index is 0.751. The molecule has 0 radical (unpaired) electrons. The summed E-state index contributed by atoms with van der Waals surface area (Å²) in [4.78, 5) is 10.0. The Morgan fingerprint density at radius 2 is 1.96 bits per heavy atom. The van der Waals surface area contributed by atoms with Crippen molar-refractivity contribution in [1.82, 2.24) is 20.2 Å². The first-order valence-corrected chi connectivity index (χ1v) is 9.75. The number of rotatable bonds is 6. The highest BCUT2D eigenvalue weighted by Gasteiger charge is 2.19. The van der Waals surface area contributed by atoms with E-state index in [2.05, 4.69) is 44.5 Å². The number of hydrogen-bond donors (Lipinski definition) is 2. The molecule has 0 bridgehead atoms. The molecular formula is C21H25ClN4. The van der Waals surface area contributed by atoms with Crippen LogP contribution in [0.2, 0.25) is 5.02 Å². The van der Waals surface area contributed by atoms with Crippen LogP contribution in [0.4, 0.5) is 0 Å². The van der Waals surface area contributed by atoms with E-state index in [9.17, 15) is 0 Å². The summed E-state index contributed by atoms with van der Waals surface area (Å²) < 4.78 is 0. The molecule has 2 aromatic heterocycles. The zero-order valence-electron chi connectivity index (χ0n) is 14.9. The summed E-state index contributed by atoms with van der Waals surface area (Å²) >= 11 is 6.29. The maximum absolute atomic E-state index is 6.29. The predicted molar refractivity (Wildman–Crippen MR) is 107 cm³/mol. The molecule has 0 aliphatic carbocycles. The Balaban J connectivity index is 1.23. The van der Waals surface area contributed by atoms with Crippen molar-refractivity contribution in [2.45, 2.75) is 25.9 Å². The molecule has 2 N–H and O–H groups in total. The van der Waals surface area contributed by atoms with Gasteiger partial charge >= 0.3 is 0 Å². The number of halogens is 1. The molecule has 1 fully saturated rings. The molecule has 1 saturated heterocycles. The molecule has 1 aliphatic heterocycles. The number of nitrogens with one attached hydrogen (secondary N) is 2. The Morgan fingerprint density at radius 3 is 2.81 bits per heavy atom. The van der Waals surface area contributed by atoms with Crippen LogP contribution in [0.3, 0.4) is 0 Å². The summed E-state index contributed by atoms with van der Waals surface area (Å²) in [6, 6.07) is 12.4. The molecule has 3 aromatic rings. The van der Waals surface area contributed by atoms with Gasteiger partial charge in [-0.15, -0.1) is 0 Å². The molecule has 0 saturated carbocycles. The van der Waals surface area contributed by atoms with Crippen molar-refractivity contribution in [3.8, 4) is 0 Å². The number of benzene rings is 1. The van der Waals surface area contributed by atoms with E-state index in [1.807, 2.05) is 24.5 Å². The van der Waals surface area contributed by atoms with Gasteiger partial charge in [0.05, 0.1) is 0 Å². The molecule has 4 nitrogen and oxygen atoms in total. The molecule has 0 amide bonds. The lowest BCUT2D eigenvalue weighted by Gasteiger charge is -2.32. The minimum Gasteiger partial charge on any atom is -0.346 e. The fourth-order valence-corrected chi connectivity index (χ4v) is 3.99.